The molecule has 1 fully saturated rings. The lowest BCUT2D eigenvalue weighted by Gasteiger charge is -2.30. The predicted octanol–water partition coefficient (Wildman–Crippen LogP) is 0.947. The third-order valence-electron chi connectivity index (χ3n) is 4.67. The SMILES string of the molecule is CCN(C(=O)CN(CCN)CCc1ccccc1)C1CCS(=O)(=O)C1.Cl. The topological polar surface area (TPSA) is 83.7 Å². The number of sulfone groups is 1. The van der Waals surface area contributed by atoms with Crippen molar-refractivity contribution in [2.75, 3.05) is 44.2 Å². The molecule has 0 spiro atoms. The van der Waals surface area contributed by atoms with Gasteiger partial charge in [-0.1, -0.05) is 30.3 Å². The maximum atomic E-state index is 12.7. The summed E-state index contributed by atoms with van der Waals surface area (Å²) in [6, 6.07) is 9.96. The second kappa shape index (κ2) is 10.9. The van der Waals surface area contributed by atoms with Crippen LogP contribution in [0.15, 0.2) is 30.3 Å². The van der Waals surface area contributed by atoms with Crippen LogP contribution in [-0.2, 0) is 21.1 Å². The molecule has 8 heteroatoms. The number of benzene rings is 1. The van der Waals surface area contributed by atoms with Crippen LogP contribution in [0.4, 0.5) is 0 Å². The van der Waals surface area contributed by atoms with Gasteiger partial charge in [0.05, 0.1) is 18.1 Å². The molecule has 1 aliphatic rings. The fourth-order valence-electron chi connectivity index (χ4n) is 3.33. The average Bonchev–Trinajstić information content (AvgIpc) is 2.94. The van der Waals surface area contributed by atoms with Crippen molar-refractivity contribution in [3.8, 4) is 0 Å². The van der Waals surface area contributed by atoms with Crippen LogP contribution in [0, 0.1) is 0 Å². The van der Waals surface area contributed by atoms with Crippen molar-refractivity contribution < 1.29 is 13.2 Å². The number of rotatable bonds is 9. The Labute approximate surface area is 163 Å². The number of amides is 1. The van der Waals surface area contributed by atoms with Gasteiger partial charge < -0.3 is 10.6 Å². The molecule has 0 saturated carbocycles. The van der Waals surface area contributed by atoms with Crippen LogP contribution in [-0.4, -0.2) is 74.4 Å². The van der Waals surface area contributed by atoms with Gasteiger partial charge in [0.1, 0.15) is 0 Å². The molecule has 0 aliphatic carbocycles. The lowest BCUT2D eigenvalue weighted by atomic mass is 10.1. The van der Waals surface area contributed by atoms with E-state index in [0.717, 1.165) is 13.0 Å². The Morgan fingerprint density at radius 2 is 1.92 bits per heavy atom. The van der Waals surface area contributed by atoms with E-state index in [1.165, 1.54) is 5.56 Å². The first kappa shape index (κ1) is 22.9. The number of nitrogens with zero attached hydrogens (tertiary/aromatic N) is 2. The Hall–Kier alpha value is -1.15. The molecule has 2 N–H and O–H groups in total. The molecule has 0 bridgehead atoms. The van der Waals surface area contributed by atoms with Gasteiger partial charge in [-0.15, -0.1) is 12.4 Å². The van der Waals surface area contributed by atoms with Gasteiger partial charge in [0.2, 0.25) is 5.91 Å². The van der Waals surface area contributed by atoms with Crippen LogP contribution in [0.25, 0.3) is 0 Å². The van der Waals surface area contributed by atoms with E-state index in [1.54, 1.807) is 4.90 Å². The minimum atomic E-state index is -3.00. The Morgan fingerprint density at radius 3 is 2.46 bits per heavy atom. The first-order valence-corrected chi connectivity index (χ1v) is 10.7. The van der Waals surface area contributed by atoms with Gasteiger partial charge >= 0.3 is 0 Å². The first-order chi connectivity index (χ1) is 11.9. The smallest absolute Gasteiger partial charge is 0.237 e. The zero-order chi connectivity index (χ0) is 18.3. The van der Waals surface area contributed by atoms with Gasteiger partial charge in [-0.2, -0.15) is 0 Å². The number of likely N-dealkylation sites (N-methyl/N-ethyl adjacent to an activating group) is 1. The molecule has 148 valence electrons. The summed E-state index contributed by atoms with van der Waals surface area (Å²) in [6.45, 7) is 4.63. The maximum Gasteiger partial charge on any atom is 0.237 e. The van der Waals surface area contributed by atoms with Gasteiger partial charge in [-0.05, 0) is 25.3 Å². The fraction of sp³-hybridized carbons (Fsp3) is 0.611. The zero-order valence-corrected chi connectivity index (χ0v) is 17.0. The summed E-state index contributed by atoms with van der Waals surface area (Å²) in [5.41, 5.74) is 6.92. The summed E-state index contributed by atoms with van der Waals surface area (Å²) in [5, 5.41) is 0. The van der Waals surface area contributed by atoms with Crippen molar-refractivity contribution in [1.82, 2.24) is 9.80 Å². The third-order valence-corrected chi connectivity index (χ3v) is 6.42. The molecule has 0 radical (unpaired) electrons. The summed E-state index contributed by atoms with van der Waals surface area (Å²) in [6.07, 6.45) is 1.40. The van der Waals surface area contributed by atoms with Crippen molar-refractivity contribution in [2.45, 2.75) is 25.8 Å². The van der Waals surface area contributed by atoms with E-state index in [9.17, 15) is 13.2 Å². The van der Waals surface area contributed by atoms with Crippen LogP contribution in [0.3, 0.4) is 0 Å². The molecule has 1 aliphatic heterocycles. The van der Waals surface area contributed by atoms with Gasteiger partial charge in [0.15, 0.2) is 9.84 Å². The van der Waals surface area contributed by atoms with E-state index in [4.69, 9.17) is 5.73 Å². The molecule has 26 heavy (non-hydrogen) atoms. The van der Waals surface area contributed by atoms with Crippen molar-refractivity contribution in [3.63, 3.8) is 0 Å². The molecule has 1 heterocycles. The van der Waals surface area contributed by atoms with E-state index in [0.29, 0.717) is 26.1 Å². The molecular weight excluding hydrogens is 374 g/mol. The van der Waals surface area contributed by atoms with E-state index >= 15 is 0 Å². The quantitative estimate of drug-likeness (QED) is 0.663. The number of nitrogens with two attached hydrogens (primary N) is 1. The van der Waals surface area contributed by atoms with Crippen LogP contribution < -0.4 is 5.73 Å². The lowest BCUT2D eigenvalue weighted by molar-refractivity contribution is -0.134. The van der Waals surface area contributed by atoms with Gasteiger partial charge in [0.25, 0.3) is 0 Å². The van der Waals surface area contributed by atoms with Gasteiger partial charge in [-0.3, -0.25) is 9.69 Å². The predicted molar refractivity (Wildman–Crippen MR) is 107 cm³/mol. The Bertz CT molecular complexity index is 655. The summed E-state index contributed by atoms with van der Waals surface area (Å²) in [7, 11) is -3.00. The van der Waals surface area contributed by atoms with E-state index < -0.39 is 9.84 Å². The van der Waals surface area contributed by atoms with E-state index in [1.807, 2.05) is 25.1 Å². The Balaban J connectivity index is 0.00000338. The van der Waals surface area contributed by atoms with Crippen LogP contribution in [0.2, 0.25) is 0 Å². The second-order valence-corrected chi connectivity index (χ2v) is 8.77. The summed E-state index contributed by atoms with van der Waals surface area (Å²) >= 11 is 0. The average molecular weight is 404 g/mol. The highest BCUT2D eigenvalue weighted by Gasteiger charge is 2.34. The number of carbonyl (C=O) groups is 1. The summed E-state index contributed by atoms with van der Waals surface area (Å²) in [5.74, 6) is 0.265. The zero-order valence-electron chi connectivity index (χ0n) is 15.3. The molecule has 1 aromatic rings. The van der Waals surface area contributed by atoms with Gasteiger partial charge in [-0.25, -0.2) is 8.42 Å². The number of hydrogen-bond acceptors (Lipinski definition) is 5. The van der Waals surface area contributed by atoms with Crippen molar-refractivity contribution in [2.24, 2.45) is 5.73 Å². The second-order valence-electron chi connectivity index (χ2n) is 6.54. The Kier molecular flexibility index (Phi) is 9.57. The van der Waals surface area contributed by atoms with E-state index in [2.05, 4.69) is 17.0 Å². The first-order valence-electron chi connectivity index (χ1n) is 8.91. The highest BCUT2D eigenvalue weighted by Crippen LogP contribution is 2.18. The molecule has 6 nitrogen and oxygen atoms in total. The van der Waals surface area contributed by atoms with E-state index in [-0.39, 0.29) is 42.4 Å². The number of halogens is 1. The lowest BCUT2D eigenvalue weighted by Crippen LogP contribution is -2.47. The number of hydrogen-bond donors (Lipinski definition) is 1. The molecule has 1 unspecified atom stereocenters. The van der Waals surface area contributed by atoms with Gasteiger partial charge in [0, 0.05) is 32.2 Å². The summed E-state index contributed by atoms with van der Waals surface area (Å²) < 4.78 is 23.4. The fourth-order valence-corrected chi connectivity index (χ4v) is 5.06. The van der Waals surface area contributed by atoms with Crippen LogP contribution in [0.1, 0.15) is 18.9 Å². The highest BCUT2D eigenvalue weighted by atomic mass is 35.5. The van der Waals surface area contributed by atoms with Crippen molar-refractivity contribution in [3.05, 3.63) is 35.9 Å². The molecular formula is C18H30ClN3O3S. The van der Waals surface area contributed by atoms with Crippen molar-refractivity contribution in [1.29, 1.82) is 0 Å². The standard InChI is InChI=1S/C18H29N3O3S.ClH/c1-2-21(17-9-13-25(23,24)15-17)18(22)14-20(12-10-19)11-8-16-6-4-3-5-7-16;/h3-7,17H,2,8-15,19H2,1H3;1H. The largest absolute Gasteiger partial charge is 0.338 e. The molecule has 1 saturated heterocycles. The molecule has 1 atom stereocenters. The monoisotopic (exact) mass is 403 g/mol. The molecule has 1 amide bonds. The highest BCUT2D eigenvalue weighted by molar-refractivity contribution is 7.91. The van der Waals surface area contributed by atoms with Crippen molar-refractivity contribution >= 4 is 28.2 Å². The third kappa shape index (κ3) is 6.87. The van der Waals surface area contributed by atoms with Crippen LogP contribution in [0.5, 0.6) is 0 Å². The molecule has 0 aromatic heterocycles. The molecule has 2 rings (SSSR count). The molecule has 1 aromatic carbocycles. The summed E-state index contributed by atoms with van der Waals surface area (Å²) in [4.78, 5) is 16.5. The van der Waals surface area contributed by atoms with Crippen LogP contribution >= 0.6 is 12.4 Å². The minimum Gasteiger partial charge on any atom is -0.338 e. The maximum absolute atomic E-state index is 12.7. The Morgan fingerprint density at radius 1 is 1.23 bits per heavy atom. The normalized spacial score (nSPS) is 18.5. The number of carbonyl (C=O) groups excluding carboxylic acids is 1. The minimum absolute atomic E-state index is 0.